The van der Waals surface area contributed by atoms with Crippen molar-refractivity contribution in [2.75, 3.05) is 37.0 Å². The van der Waals surface area contributed by atoms with Crippen LogP contribution >= 0.6 is 0 Å². The molecule has 1 amide bonds. The second-order valence-corrected chi connectivity index (χ2v) is 9.54. The smallest absolute Gasteiger partial charge is 0.340 e. The van der Waals surface area contributed by atoms with Crippen LogP contribution < -0.4 is 19.1 Å². The number of ether oxygens (including phenoxy) is 3. The molecular weight excluding hydrogens is 484 g/mol. The van der Waals surface area contributed by atoms with Crippen LogP contribution in [0.2, 0.25) is 0 Å². The quantitative estimate of drug-likeness (QED) is 0.409. The zero-order valence-electron chi connectivity index (χ0n) is 20.5. The number of esters is 1. The summed E-state index contributed by atoms with van der Waals surface area (Å²) in [5.74, 6) is -0.673. The highest BCUT2D eigenvalue weighted by Gasteiger charge is 2.30. The van der Waals surface area contributed by atoms with Crippen molar-refractivity contribution in [3.8, 4) is 11.5 Å². The molecule has 3 rings (SSSR count). The van der Waals surface area contributed by atoms with E-state index in [1.54, 1.807) is 43.3 Å². The van der Waals surface area contributed by atoms with Gasteiger partial charge in [0.05, 0.1) is 42.7 Å². The maximum Gasteiger partial charge on any atom is 0.340 e. The molecule has 10 heteroatoms. The van der Waals surface area contributed by atoms with Gasteiger partial charge in [-0.3, -0.25) is 9.10 Å². The number of benzene rings is 3. The SMILES string of the molecule is CCOC(=O)c1ccccc1NC(=O)CN(c1cc(OC)ccc1OC)S(=O)(=O)c1ccc(C)cc1. The van der Waals surface area contributed by atoms with Gasteiger partial charge in [-0.1, -0.05) is 29.8 Å². The van der Waals surface area contributed by atoms with Gasteiger partial charge >= 0.3 is 5.97 Å². The minimum Gasteiger partial charge on any atom is -0.497 e. The number of sulfonamides is 1. The molecule has 0 aliphatic rings. The normalized spacial score (nSPS) is 10.9. The Labute approximate surface area is 210 Å². The molecule has 3 aromatic carbocycles. The van der Waals surface area contributed by atoms with E-state index in [0.717, 1.165) is 9.87 Å². The van der Waals surface area contributed by atoms with Crippen LogP contribution in [0, 0.1) is 6.92 Å². The summed E-state index contributed by atoms with van der Waals surface area (Å²) < 4.78 is 44.1. The Balaban J connectivity index is 2.04. The van der Waals surface area contributed by atoms with Crippen molar-refractivity contribution in [1.29, 1.82) is 0 Å². The Kier molecular flexibility index (Phi) is 8.55. The average molecular weight is 513 g/mol. The average Bonchev–Trinajstić information content (AvgIpc) is 2.87. The first-order valence-electron chi connectivity index (χ1n) is 11.1. The van der Waals surface area contributed by atoms with Crippen molar-refractivity contribution < 1.29 is 32.2 Å². The minimum absolute atomic E-state index is 0.00213. The van der Waals surface area contributed by atoms with Gasteiger partial charge in [-0.05, 0) is 50.2 Å². The van der Waals surface area contributed by atoms with Crippen LogP contribution in [0.15, 0.2) is 71.6 Å². The van der Waals surface area contributed by atoms with E-state index in [1.807, 2.05) is 6.92 Å². The van der Waals surface area contributed by atoms with E-state index < -0.39 is 28.4 Å². The second kappa shape index (κ2) is 11.6. The Morgan fingerprint density at radius 1 is 0.944 bits per heavy atom. The molecule has 0 unspecified atom stereocenters. The molecule has 0 heterocycles. The van der Waals surface area contributed by atoms with E-state index in [2.05, 4.69) is 5.32 Å². The van der Waals surface area contributed by atoms with Crippen molar-refractivity contribution in [1.82, 2.24) is 0 Å². The van der Waals surface area contributed by atoms with E-state index in [9.17, 15) is 18.0 Å². The molecule has 0 aliphatic carbocycles. The van der Waals surface area contributed by atoms with E-state index in [4.69, 9.17) is 14.2 Å². The van der Waals surface area contributed by atoms with Gasteiger partial charge in [0.2, 0.25) is 5.91 Å². The summed E-state index contributed by atoms with van der Waals surface area (Å²) in [6, 6.07) is 17.3. The molecule has 0 bridgehead atoms. The molecule has 0 saturated heterocycles. The number of methoxy groups -OCH3 is 2. The Bertz CT molecular complexity index is 1340. The maximum atomic E-state index is 13.7. The summed E-state index contributed by atoms with van der Waals surface area (Å²) in [5.41, 5.74) is 1.35. The maximum absolute atomic E-state index is 13.7. The highest BCUT2D eigenvalue weighted by Crippen LogP contribution is 2.35. The standard InChI is InChI=1S/C26H28N2O7S/c1-5-35-26(30)21-8-6-7-9-22(21)27-25(29)17-28(23-16-19(33-3)12-15-24(23)34-4)36(31,32)20-13-10-18(2)11-14-20/h6-16H,5,17H2,1-4H3,(H,27,29). The molecule has 0 atom stereocenters. The summed E-state index contributed by atoms with van der Waals surface area (Å²) in [4.78, 5) is 25.5. The zero-order valence-corrected chi connectivity index (χ0v) is 21.3. The van der Waals surface area contributed by atoms with E-state index in [-0.39, 0.29) is 34.2 Å². The van der Waals surface area contributed by atoms with Gasteiger partial charge < -0.3 is 19.5 Å². The lowest BCUT2D eigenvalue weighted by Crippen LogP contribution is -2.38. The van der Waals surface area contributed by atoms with Crippen LogP contribution in [0.3, 0.4) is 0 Å². The van der Waals surface area contributed by atoms with Crippen LogP contribution in [-0.2, 0) is 19.6 Å². The predicted octanol–water partition coefficient (Wildman–Crippen LogP) is 4.02. The van der Waals surface area contributed by atoms with Crippen LogP contribution in [0.4, 0.5) is 11.4 Å². The van der Waals surface area contributed by atoms with Crippen molar-refractivity contribution in [3.63, 3.8) is 0 Å². The van der Waals surface area contributed by atoms with Gasteiger partial charge in [-0.25, -0.2) is 13.2 Å². The molecule has 0 aliphatic heterocycles. The summed E-state index contributed by atoms with van der Waals surface area (Å²) in [5, 5.41) is 2.63. The summed E-state index contributed by atoms with van der Waals surface area (Å²) in [6.07, 6.45) is 0. The van der Waals surface area contributed by atoms with Gasteiger partial charge in [-0.2, -0.15) is 0 Å². The van der Waals surface area contributed by atoms with Crippen molar-refractivity contribution in [3.05, 3.63) is 77.9 Å². The largest absolute Gasteiger partial charge is 0.497 e. The third-order valence-corrected chi connectivity index (χ3v) is 7.02. The number of nitrogens with zero attached hydrogens (tertiary/aromatic N) is 1. The topological polar surface area (TPSA) is 111 Å². The van der Waals surface area contributed by atoms with Crippen LogP contribution in [0.5, 0.6) is 11.5 Å². The lowest BCUT2D eigenvalue weighted by Gasteiger charge is -2.26. The van der Waals surface area contributed by atoms with Gasteiger partial charge in [0.1, 0.15) is 18.0 Å². The number of hydrogen-bond donors (Lipinski definition) is 1. The van der Waals surface area contributed by atoms with Gasteiger partial charge in [0.25, 0.3) is 10.0 Å². The number of nitrogens with one attached hydrogen (secondary N) is 1. The number of amides is 1. The summed E-state index contributed by atoms with van der Waals surface area (Å²) in [7, 11) is -1.36. The molecule has 0 spiro atoms. The lowest BCUT2D eigenvalue weighted by atomic mass is 10.2. The van der Waals surface area contributed by atoms with Gasteiger partial charge in [-0.15, -0.1) is 0 Å². The number of para-hydroxylation sites is 1. The van der Waals surface area contributed by atoms with E-state index >= 15 is 0 Å². The minimum atomic E-state index is -4.21. The molecule has 36 heavy (non-hydrogen) atoms. The first-order chi connectivity index (χ1) is 17.2. The predicted molar refractivity (Wildman–Crippen MR) is 136 cm³/mol. The molecule has 0 saturated carbocycles. The van der Waals surface area contributed by atoms with Crippen LogP contribution in [0.25, 0.3) is 0 Å². The Morgan fingerprint density at radius 3 is 2.28 bits per heavy atom. The third kappa shape index (κ3) is 5.95. The first-order valence-corrected chi connectivity index (χ1v) is 12.5. The van der Waals surface area contributed by atoms with Crippen LogP contribution in [0.1, 0.15) is 22.8 Å². The second-order valence-electron chi connectivity index (χ2n) is 7.68. The molecule has 0 aromatic heterocycles. The number of rotatable bonds is 10. The van der Waals surface area contributed by atoms with Crippen molar-refractivity contribution >= 4 is 33.3 Å². The number of carbonyl (C=O) groups excluding carboxylic acids is 2. The molecule has 1 N–H and O–H groups in total. The van der Waals surface area contributed by atoms with Gasteiger partial charge in [0, 0.05) is 6.07 Å². The van der Waals surface area contributed by atoms with E-state index in [1.165, 1.54) is 44.6 Å². The summed E-state index contributed by atoms with van der Waals surface area (Å²) >= 11 is 0. The Hall–Kier alpha value is -4.05. The van der Waals surface area contributed by atoms with Crippen molar-refractivity contribution in [2.24, 2.45) is 0 Å². The van der Waals surface area contributed by atoms with Crippen LogP contribution in [-0.4, -0.2) is 47.7 Å². The number of anilines is 2. The molecule has 190 valence electrons. The molecule has 9 nitrogen and oxygen atoms in total. The fraction of sp³-hybridized carbons (Fsp3) is 0.231. The van der Waals surface area contributed by atoms with Gasteiger partial charge in [0.15, 0.2) is 0 Å². The number of carbonyl (C=O) groups is 2. The fourth-order valence-electron chi connectivity index (χ4n) is 3.43. The third-order valence-electron chi connectivity index (χ3n) is 5.25. The molecule has 0 fully saturated rings. The fourth-order valence-corrected chi connectivity index (χ4v) is 4.85. The van der Waals surface area contributed by atoms with Crippen molar-refractivity contribution in [2.45, 2.75) is 18.7 Å². The lowest BCUT2D eigenvalue weighted by molar-refractivity contribution is -0.114. The summed E-state index contributed by atoms with van der Waals surface area (Å²) in [6.45, 7) is 3.08. The molecular formula is C26H28N2O7S. The highest BCUT2D eigenvalue weighted by atomic mass is 32.2. The Morgan fingerprint density at radius 2 is 1.64 bits per heavy atom. The molecule has 0 radical (unpaired) electrons. The monoisotopic (exact) mass is 512 g/mol. The number of aryl methyl sites for hydroxylation is 1. The first kappa shape index (κ1) is 26.6. The van der Waals surface area contributed by atoms with E-state index in [0.29, 0.717) is 5.75 Å². The molecule has 3 aromatic rings. The number of hydrogen-bond acceptors (Lipinski definition) is 7. The zero-order chi connectivity index (χ0) is 26.3. The highest BCUT2D eigenvalue weighted by molar-refractivity contribution is 7.92.